The number of carbonyl (C=O) groups is 2. The maximum atomic E-state index is 12.1. The molecule has 0 aliphatic carbocycles. The molecular weight excluding hydrogens is 208 g/mol. The van der Waals surface area contributed by atoms with Crippen LogP contribution in [-0.2, 0) is 9.59 Å². The van der Waals surface area contributed by atoms with Crippen molar-refractivity contribution in [1.29, 1.82) is 0 Å². The number of amides is 1. The first-order valence-corrected chi connectivity index (χ1v) is 5.52. The predicted molar refractivity (Wildman–Crippen MR) is 60.1 cm³/mol. The van der Waals surface area contributed by atoms with Gasteiger partial charge in [0.1, 0.15) is 6.04 Å². The van der Waals surface area contributed by atoms with E-state index in [1.807, 2.05) is 20.8 Å². The Hall–Kier alpha value is -1.10. The summed E-state index contributed by atoms with van der Waals surface area (Å²) in [7, 11) is 0. The van der Waals surface area contributed by atoms with Gasteiger partial charge >= 0.3 is 5.97 Å². The third-order valence-electron chi connectivity index (χ3n) is 2.86. The molecular formula is C11H20N2O3. The molecule has 0 aromatic rings. The van der Waals surface area contributed by atoms with E-state index in [0.717, 1.165) is 0 Å². The number of aliphatic carboxylic acids is 1. The first kappa shape index (κ1) is 13.0. The third kappa shape index (κ3) is 2.52. The molecule has 2 atom stereocenters. The summed E-state index contributed by atoms with van der Waals surface area (Å²) in [6.07, 6.45) is 0. The lowest BCUT2D eigenvalue weighted by molar-refractivity contribution is -0.149. The van der Waals surface area contributed by atoms with Gasteiger partial charge in [0.25, 0.3) is 0 Å². The number of nitrogens with one attached hydrogen (secondary N) is 1. The van der Waals surface area contributed by atoms with Crippen molar-refractivity contribution >= 4 is 11.9 Å². The van der Waals surface area contributed by atoms with Crippen LogP contribution >= 0.6 is 0 Å². The van der Waals surface area contributed by atoms with Gasteiger partial charge in [-0.2, -0.15) is 0 Å². The monoisotopic (exact) mass is 228 g/mol. The zero-order chi connectivity index (χ0) is 12.5. The molecule has 92 valence electrons. The molecule has 0 spiro atoms. The van der Waals surface area contributed by atoms with Crippen molar-refractivity contribution in [3.8, 4) is 0 Å². The number of carboxylic acids is 1. The van der Waals surface area contributed by atoms with Gasteiger partial charge in [0.05, 0.1) is 6.04 Å². The van der Waals surface area contributed by atoms with E-state index in [0.29, 0.717) is 13.1 Å². The maximum absolute atomic E-state index is 12.1. The highest BCUT2D eigenvalue weighted by Crippen LogP contribution is 2.21. The van der Waals surface area contributed by atoms with E-state index >= 15 is 0 Å². The zero-order valence-corrected chi connectivity index (χ0v) is 10.3. The Morgan fingerprint density at radius 1 is 1.38 bits per heavy atom. The van der Waals surface area contributed by atoms with E-state index in [-0.39, 0.29) is 11.9 Å². The van der Waals surface area contributed by atoms with E-state index in [1.54, 1.807) is 11.8 Å². The Kier molecular flexibility index (Phi) is 3.57. The number of hydrogen-bond donors (Lipinski definition) is 2. The number of carbonyl (C=O) groups excluding carboxylic acids is 1. The zero-order valence-electron chi connectivity index (χ0n) is 10.3. The molecule has 0 saturated carbocycles. The fourth-order valence-electron chi connectivity index (χ4n) is 1.91. The van der Waals surface area contributed by atoms with Crippen LogP contribution in [0.5, 0.6) is 0 Å². The van der Waals surface area contributed by atoms with Gasteiger partial charge in [0.2, 0.25) is 5.91 Å². The number of carboxylic acid groups (broad SMARTS) is 1. The summed E-state index contributed by atoms with van der Waals surface area (Å²) in [6.45, 7) is 8.42. The van der Waals surface area contributed by atoms with Crippen molar-refractivity contribution in [2.45, 2.75) is 39.8 Å². The van der Waals surface area contributed by atoms with Crippen LogP contribution in [-0.4, -0.2) is 47.1 Å². The number of piperazine rings is 1. The first-order chi connectivity index (χ1) is 7.25. The van der Waals surface area contributed by atoms with Crippen LogP contribution in [0, 0.1) is 5.41 Å². The smallest absolute Gasteiger partial charge is 0.322 e. The second-order valence-corrected chi connectivity index (χ2v) is 5.26. The lowest BCUT2D eigenvalue weighted by atomic mass is 9.92. The minimum absolute atomic E-state index is 0.00718. The molecule has 1 rings (SSSR count). The van der Waals surface area contributed by atoms with Crippen LogP contribution < -0.4 is 5.32 Å². The molecule has 5 nitrogen and oxygen atoms in total. The van der Waals surface area contributed by atoms with E-state index < -0.39 is 17.4 Å². The summed E-state index contributed by atoms with van der Waals surface area (Å²) in [5.74, 6) is -0.897. The highest BCUT2D eigenvalue weighted by molar-refractivity contribution is 5.83. The normalized spacial score (nSPS) is 26.6. The average molecular weight is 228 g/mol. The van der Waals surface area contributed by atoms with Gasteiger partial charge in [-0.1, -0.05) is 20.8 Å². The second kappa shape index (κ2) is 4.41. The predicted octanol–water partition coefficient (Wildman–Crippen LogP) is 0.306. The summed E-state index contributed by atoms with van der Waals surface area (Å²) in [5, 5.41) is 11.9. The average Bonchev–Trinajstić information content (AvgIpc) is 2.15. The Balaban J connectivity index is 2.82. The van der Waals surface area contributed by atoms with E-state index in [9.17, 15) is 9.59 Å². The molecule has 1 fully saturated rings. The summed E-state index contributed by atoms with van der Waals surface area (Å²) in [5.41, 5.74) is -0.464. The van der Waals surface area contributed by atoms with Gasteiger partial charge in [-0.3, -0.25) is 9.59 Å². The molecule has 0 radical (unpaired) electrons. The molecule has 16 heavy (non-hydrogen) atoms. The quantitative estimate of drug-likeness (QED) is 0.677. The van der Waals surface area contributed by atoms with Gasteiger partial charge in [0.15, 0.2) is 0 Å². The molecule has 1 heterocycles. The van der Waals surface area contributed by atoms with Gasteiger partial charge in [-0.15, -0.1) is 0 Å². The minimum Gasteiger partial charge on any atom is -0.480 e. The fourth-order valence-corrected chi connectivity index (χ4v) is 1.91. The number of hydrogen-bond acceptors (Lipinski definition) is 3. The van der Waals surface area contributed by atoms with Crippen molar-refractivity contribution in [3.05, 3.63) is 0 Å². The fraction of sp³-hybridized carbons (Fsp3) is 0.818. The highest BCUT2D eigenvalue weighted by atomic mass is 16.4. The molecule has 0 bridgehead atoms. The van der Waals surface area contributed by atoms with Gasteiger partial charge < -0.3 is 15.3 Å². The first-order valence-electron chi connectivity index (χ1n) is 5.52. The van der Waals surface area contributed by atoms with Gasteiger partial charge in [-0.25, -0.2) is 0 Å². The van der Waals surface area contributed by atoms with Gasteiger partial charge in [-0.05, 0) is 6.92 Å². The van der Waals surface area contributed by atoms with Crippen LogP contribution in [0.25, 0.3) is 0 Å². The van der Waals surface area contributed by atoms with Crippen LogP contribution in [0.4, 0.5) is 0 Å². The molecule has 1 aliphatic heterocycles. The molecule has 1 saturated heterocycles. The van der Waals surface area contributed by atoms with E-state index in [1.165, 1.54) is 0 Å². The van der Waals surface area contributed by atoms with Crippen molar-refractivity contribution < 1.29 is 14.7 Å². The van der Waals surface area contributed by atoms with Crippen LogP contribution in [0.3, 0.4) is 0 Å². The second-order valence-electron chi connectivity index (χ2n) is 5.26. The molecule has 5 heteroatoms. The molecule has 0 aromatic carbocycles. The summed E-state index contributed by atoms with van der Waals surface area (Å²) < 4.78 is 0. The Morgan fingerprint density at radius 2 is 1.94 bits per heavy atom. The molecule has 0 aromatic heterocycles. The Morgan fingerprint density at radius 3 is 2.38 bits per heavy atom. The molecule has 2 N–H and O–H groups in total. The van der Waals surface area contributed by atoms with Crippen molar-refractivity contribution in [3.63, 3.8) is 0 Å². The maximum Gasteiger partial charge on any atom is 0.322 e. The SMILES string of the molecule is CC1C(C(=O)O)NCCN1C(=O)C(C)(C)C. The molecule has 1 aliphatic rings. The molecule has 1 amide bonds. The van der Waals surface area contributed by atoms with Gasteiger partial charge in [0, 0.05) is 18.5 Å². The van der Waals surface area contributed by atoms with Crippen LogP contribution in [0.2, 0.25) is 0 Å². The van der Waals surface area contributed by atoms with Crippen molar-refractivity contribution in [2.75, 3.05) is 13.1 Å². The van der Waals surface area contributed by atoms with Crippen LogP contribution in [0.15, 0.2) is 0 Å². The van der Waals surface area contributed by atoms with Crippen molar-refractivity contribution in [1.82, 2.24) is 10.2 Å². The summed E-state index contributed by atoms with van der Waals surface area (Å²) >= 11 is 0. The van der Waals surface area contributed by atoms with E-state index in [4.69, 9.17) is 5.11 Å². The van der Waals surface area contributed by atoms with Crippen LogP contribution in [0.1, 0.15) is 27.7 Å². The van der Waals surface area contributed by atoms with Crippen molar-refractivity contribution in [2.24, 2.45) is 5.41 Å². The number of rotatable bonds is 1. The standard InChI is InChI=1S/C11H20N2O3/c1-7-8(9(14)15)12-5-6-13(7)10(16)11(2,3)4/h7-8,12H,5-6H2,1-4H3,(H,14,15). The topological polar surface area (TPSA) is 69.6 Å². The highest BCUT2D eigenvalue weighted by Gasteiger charge is 2.38. The number of nitrogens with zero attached hydrogens (tertiary/aromatic N) is 1. The molecule has 2 unspecified atom stereocenters. The third-order valence-corrected chi connectivity index (χ3v) is 2.86. The summed E-state index contributed by atoms with van der Waals surface area (Å²) in [6, 6.07) is -0.974. The van der Waals surface area contributed by atoms with E-state index in [2.05, 4.69) is 5.32 Å². The summed E-state index contributed by atoms with van der Waals surface area (Å²) in [4.78, 5) is 24.7. The Labute approximate surface area is 95.8 Å². The Bertz CT molecular complexity index is 296. The largest absolute Gasteiger partial charge is 0.480 e. The lowest BCUT2D eigenvalue weighted by Crippen LogP contribution is -2.62. The minimum atomic E-state index is -0.904. The lowest BCUT2D eigenvalue weighted by Gasteiger charge is -2.41.